The number of anilines is 1. The van der Waals surface area contributed by atoms with E-state index in [0.717, 1.165) is 50.4 Å². The normalized spacial score (nSPS) is 23.3. The zero-order valence-electron chi connectivity index (χ0n) is 14.5. The first kappa shape index (κ1) is 16.2. The van der Waals surface area contributed by atoms with Crippen LogP contribution in [0.15, 0.2) is 12.1 Å². The minimum atomic E-state index is 0.214. The van der Waals surface area contributed by atoms with Crippen LogP contribution in [0.4, 0.5) is 5.69 Å². The quantitative estimate of drug-likeness (QED) is 0.929. The molecule has 23 heavy (non-hydrogen) atoms. The Hall–Kier alpha value is -1.62. The minimum absolute atomic E-state index is 0.214. The summed E-state index contributed by atoms with van der Waals surface area (Å²) in [7, 11) is 1.96. The third-order valence-corrected chi connectivity index (χ3v) is 5.33. The van der Waals surface area contributed by atoms with Crippen molar-refractivity contribution in [2.75, 3.05) is 38.5 Å². The maximum atomic E-state index is 11.5. The van der Waals surface area contributed by atoms with Crippen LogP contribution in [0.5, 0.6) is 0 Å². The Morgan fingerprint density at radius 2 is 1.96 bits per heavy atom. The average Bonchev–Trinajstić information content (AvgIpc) is 3.04. The van der Waals surface area contributed by atoms with Gasteiger partial charge in [-0.15, -0.1) is 0 Å². The van der Waals surface area contributed by atoms with Crippen molar-refractivity contribution >= 4 is 11.6 Å². The average molecular weight is 316 g/mol. The van der Waals surface area contributed by atoms with Gasteiger partial charge in [0.1, 0.15) is 0 Å². The Kier molecular flexibility index (Phi) is 4.85. The molecule has 0 spiro atoms. The number of carbonyl (C=O) groups excluding carboxylic acids is 1. The molecule has 1 amide bonds. The molecule has 2 fully saturated rings. The van der Waals surface area contributed by atoms with E-state index in [2.05, 4.69) is 29.3 Å². The van der Waals surface area contributed by atoms with Gasteiger partial charge in [-0.25, -0.2) is 0 Å². The molecule has 3 heterocycles. The van der Waals surface area contributed by atoms with Crippen LogP contribution in [0, 0.1) is 6.92 Å². The number of carbonyl (C=O) groups is 1. The standard InChI is InChI=1S/C18H28N4O/c1-13-10-16(19-3)11-18(20-13)15-4-7-22(12-15)17-5-8-21(9-6-17)14(2)23/h10-11,15,17H,4-9,12H2,1-3H3,(H,19,20)/t15-/m0/s1. The first-order valence-electron chi connectivity index (χ1n) is 8.72. The molecule has 2 aliphatic rings. The van der Waals surface area contributed by atoms with E-state index in [1.54, 1.807) is 6.92 Å². The highest BCUT2D eigenvalue weighted by atomic mass is 16.2. The summed E-state index contributed by atoms with van der Waals surface area (Å²) in [4.78, 5) is 20.8. The third kappa shape index (κ3) is 3.66. The van der Waals surface area contributed by atoms with Crippen molar-refractivity contribution in [2.24, 2.45) is 0 Å². The zero-order valence-corrected chi connectivity index (χ0v) is 14.5. The number of pyridine rings is 1. The maximum absolute atomic E-state index is 11.5. The predicted molar refractivity (Wildman–Crippen MR) is 92.7 cm³/mol. The molecule has 0 radical (unpaired) electrons. The van der Waals surface area contributed by atoms with Crippen LogP contribution in [0.25, 0.3) is 0 Å². The SMILES string of the molecule is CNc1cc(C)nc([C@H]2CCN(C3CCN(C(C)=O)CC3)C2)c1. The molecular formula is C18H28N4O. The zero-order chi connectivity index (χ0) is 16.4. The highest BCUT2D eigenvalue weighted by Gasteiger charge is 2.32. The molecule has 126 valence electrons. The number of nitrogens with zero attached hydrogens (tertiary/aromatic N) is 3. The van der Waals surface area contributed by atoms with Crippen LogP contribution in [-0.4, -0.2) is 60.0 Å². The van der Waals surface area contributed by atoms with Crippen LogP contribution < -0.4 is 5.32 Å². The van der Waals surface area contributed by atoms with E-state index in [4.69, 9.17) is 4.98 Å². The number of amides is 1. The van der Waals surface area contributed by atoms with Crippen molar-refractivity contribution < 1.29 is 4.79 Å². The molecule has 1 N–H and O–H groups in total. The van der Waals surface area contributed by atoms with Crippen LogP contribution in [-0.2, 0) is 4.79 Å². The number of aryl methyl sites for hydroxylation is 1. The number of rotatable bonds is 3. The number of hydrogen-bond acceptors (Lipinski definition) is 4. The van der Waals surface area contributed by atoms with Gasteiger partial charge in [0.15, 0.2) is 0 Å². The molecule has 0 saturated carbocycles. The number of aromatic nitrogens is 1. The largest absolute Gasteiger partial charge is 0.388 e. The van der Waals surface area contributed by atoms with Crippen molar-refractivity contribution in [3.63, 3.8) is 0 Å². The molecule has 1 atom stereocenters. The maximum Gasteiger partial charge on any atom is 0.219 e. The van der Waals surface area contributed by atoms with Gasteiger partial charge in [0.2, 0.25) is 5.91 Å². The first-order valence-corrected chi connectivity index (χ1v) is 8.72. The van der Waals surface area contributed by atoms with Crippen molar-refractivity contribution in [3.05, 3.63) is 23.5 Å². The smallest absolute Gasteiger partial charge is 0.219 e. The molecule has 1 aromatic rings. The van der Waals surface area contributed by atoms with Gasteiger partial charge in [-0.3, -0.25) is 14.7 Å². The minimum Gasteiger partial charge on any atom is -0.388 e. The van der Waals surface area contributed by atoms with Gasteiger partial charge in [0, 0.05) is 62.6 Å². The van der Waals surface area contributed by atoms with Crippen molar-refractivity contribution in [1.29, 1.82) is 0 Å². The fourth-order valence-electron chi connectivity index (χ4n) is 3.95. The Labute approximate surface area is 139 Å². The molecule has 0 bridgehead atoms. The number of piperidine rings is 1. The highest BCUT2D eigenvalue weighted by Crippen LogP contribution is 2.31. The van der Waals surface area contributed by atoms with Crippen LogP contribution >= 0.6 is 0 Å². The molecule has 5 nitrogen and oxygen atoms in total. The van der Waals surface area contributed by atoms with Crippen molar-refractivity contribution in [3.8, 4) is 0 Å². The summed E-state index contributed by atoms with van der Waals surface area (Å²) in [6, 6.07) is 4.91. The van der Waals surface area contributed by atoms with Gasteiger partial charge in [-0.2, -0.15) is 0 Å². The molecule has 0 aromatic carbocycles. The van der Waals surface area contributed by atoms with Gasteiger partial charge >= 0.3 is 0 Å². The molecular weight excluding hydrogens is 288 g/mol. The number of hydrogen-bond donors (Lipinski definition) is 1. The Morgan fingerprint density at radius 1 is 1.22 bits per heavy atom. The Morgan fingerprint density at radius 3 is 2.61 bits per heavy atom. The van der Waals surface area contributed by atoms with E-state index in [1.807, 2.05) is 11.9 Å². The lowest BCUT2D eigenvalue weighted by Gasteiger charge is -2.36. The molecule has 5 heteroatoms. The molecule has 0 unspecified atom stereocenters. The van der Waals surface area contributed by atoms with E-state index in [-0.39, 0.29) is 5.91 Å². The van der Waals surface area contributed by atoms with Gasteiger partial charge in [0.05, 0.1) is 0 Å². The van der Waals surface area contributed by atoms with Crippen LogP contribution in [0.2, 0.25) is 0 Å². The van der Waals surface area contributed by atoms with E-state index in [9.17, 15) is 4.79 Å². The van der Waals surface area contributed by atoms with E-state index < -0.39 is 0 Å². The lowest BCUT2D eigenvalue weighted by molar-refractivity contribution is -0.130. The van der Waals surface area contributed by atoms with E-state index >= 15 is 0 Å². The molecule has 0 aliphatic carbocycles. The second kappa shape index (κ2) is 6.87. The van der Waals surface area contributed by atoms with Crippen LogP contribution in [0.3, 0.4) is 0 Å². The summed E-state index contributed by atoms with van der Waals surface area (Å²) in [5, 5.41) is 3.23. The monoisotopic (exact) mass is 316 g/mol. The molecule has 1 aromatic heterocycles. The van der Waals surface area contributed by atoms with Crippen LogP contribution in [0.1, 0.15) is 43.5 Å². The number of likely N-dealkylation sites (tertiary alicyclic amines) is 2. The van der Waals surface area contributed by atoms with Crippen molar-refractivity contribution in [2.45, 2.75) is 45.1 Å². The Bertz CT molecular complexity index is 566. The summed E-state index contributed by atoms with van der Waals surface area (Å²) in [6.07, 6.45) is 3.40. The third-order valence-electron chi connectivity index (χ3n) is 5.33. The van der Waals surface area contributed by atoms with Gasteiger partial charge in [0.25, 0.3) is 0 Å². The fraction of sp³-hybridized carbons (Fsp3) is 0.667. The summed E-state index contributed by atoms with van der Waals surface area (Å²) in [6.45, 7) is 7.81. The van der Waals surface area contributed by atoms with Gasteiger partial charge in [-0.05, 0) is 44.9 Å². The topological polar surface area (TPSA) is 48.5 Å². The number of nitrogens with one attached hydrogen (secondary N) is 1. The van der Waals surface area contributed by atoms with Crippen molar-refractivity contribution in [1.82, 2.24) is 14.8 Å². The molecule has 2 aliphatic heterocycles. The van der Waals surface area contributed by atoms with Gasteiger partial charge < -0.3 is 10.2 Å². The van der Waals surface area contributed by atoms with E-state index in [0.29, 0.717) is 12.0 Å². The Balaban J connectivity index is 1.61. The molecule has 3 rings (SSSR count). The second-order valence-electron chi connectivity index (χ2n) is 6.89. The first-order chi connectivity index (χ1) is 11.1. The lowest BCUT2D eigenvalue weighted by Crippen LogP contribution is -2.45. The summed E-state index contributed by atoms with van der Waals surface area (Å²) in [5.74, 6) is 0.749. The predicted octanol–water partition coefficient (Wildman–Crippen LogP) is 2.23. The lowest BCUT2D eigenvalue weighted by atomic mass is 10.0. The highest BCUT2D eigenvalue weighted by molar-refractivity contribution is 5.73. The summed E-state index contributed by atoms with van der Waals surface area (Å²) in [5.41, 5.74) is 3.46. The van der Waals surface area contributed by atoms with E-state index in [1.165, 1.54) is 12.1 Å². The van der Waals surface area contributed by atoms with Gasteiger partial charge in [-0.1, -0.05) is 0 Å². The molecule has 2 saturated heterocycles. The summed E-state index contributed by atoms with van der Waals surface area (Å²) < 4.78 is 0. The second-order valence-corrected chi connectivity index (χ2v) is 6.89. The fourth-order valence-corrected chi connectivity index (χ4v) is 3.95. The summed E-state index contributed by atoms with van der Waals surface area (Å²) >= 11 is 0.